The Bertz CT molecular complexity index is 413. The molecule has 4 nitrogen and oxygen atoms in total. The fourth-order valence-electron chi connectivity index (χ4n) is 1.28. The van der Waals surface area contributed by atoms with Crippen LogP contribution in [0.5, 0.6) is 5.75 Å². The van der Waals surface area contributed by atoms with Crippen LogP contribution in [0.4, 0.5) is 5.69 Å². The van der Waals surface area contributed by atoms with Gasteiger partial charge in [-0.25, -0.2) is 0 Å². The van der Waals surface area contributed by atoms with Crippen LogP contribution in [0.25, 0.3) is 0 Å². The van der Waals surface area contributed by atoms with Gasteiger partial charge < -0.3 is 10.1 Å². The van der Waals surface area contributed by atoms with Crippen molar-refractivity contribution in [1.82, 2.24) is 0 Å². The molecule has 0 fully saturated rings. The van der Waals surface area contributed by atoms with Crippen LogP contribution in [0.2, 0.25) is 0 Å². The third kappa shape index (κ3) is 2.82. The predicted octanol–water partition coefficient (Wildman–Crippen LogP) is 1.79. The predicted molar refractivity (Wildman–Crippen MR) is 61.7 cm³/mol. The molecule has 0 saturated carbocycles. The van der Waals surface area contributed by atoms with Gasteiger partial charge in [-0.1, -0.05) is 13.0 Å². The Morgan fingerprint density at radius 1 is 1.38 bits per heavy atom. The largest absolute Gasteiger partial charge is 0.495 e. The Kier molecular flexibility index (Phi) is 4.05. The molecule has 0 heterocycles. The van der Waals surface area contributed by atoms with E-state index in [-0.39, 0.29) is 0 Å². The van der Waals surface area contributed by atoms with Crippen molar-refractivity contribution in [3.05, 3.63) is 23.8 Å². The second-order valence-electron chi connectivity index (χ2n) is 3.40. The normalized spacial score (nSPS) is 9.69. The van der Waals surface area contributed by atoms with Crippen molar-refractivity contribution in [3.63, 3.8) is 0 Å². The van der Waals surface area contributed by atoms with E-state index in [9.17, 15) is 9.59 Å². The Morgan fingerprint density at radius 3 is 2.56 bits per heavy atom. The smallest absolute Gasteiger partial charge is 0.291 e. The lowest BCUT2D eigenvalue weighted by Gasteiger charge is -2.10. The minimum Gasteiger partial charge on any atom is -0.495 e. The molecule has 1 N–H and O–H groups in total. The third-order valence-corrected chi connectivity index (χ3v) is 2.24. The highest BCUT2D eigenvalue weighted by Crippen LogP contribution is 2.25. The molecule has 0 radical (unpaired) electrons. The minimum absolute atomic E-state index is 0.524. The van der Waals surface area contributed by atoms with E-state index in [2.05, 4.69) is 5.32 Å². The van der Waals surface area contributed by atoms with Gasteiger partial charge in [0.05, 0.1) is 12.8 Å². The summed E-state index contributed by atoms with van der Waals surface area (Å²) >= 11 is 0. The number of benzene rings is 1. The number of carbonyl (C=O) groups excluding carboxylic acids is 2. The Hall–Kier alpha value is -1.84. The number of rotatable bonds is 4. The lowest BCUT2D eigenvalue weighted by Crippen LogP contribution is -2.20. The van der Waals surface area contributed by atoms with Crippen LogP contribution in [-0.4, -0.2) is 18.8 Å². The fourth-order valence-corrected chi connectivity index (χ4v) is 1.28. The summed E-state index contributed by atoms with van der Waals surface area (Å²) in [6.45, 7) is 3.24. The summed E-state index contributed by atoms with van der Waals surface area (Å²) < 4.78 is 5.10. The van der Waals surface area contributed by atoms with E-state index in [0.717, 1.165) is 12.0 Å². The molecule has 0 aromatic heterocycles. The SMILES string of the molecule is CCc1ccc(OC)c(NC(=O)C(C)=O)c1. The number of aryl methyl sites for hydroxylation is 1. The molecule has 1 rings (SSSR count). The molecular formula is C12H15NO3. The van der Waals surface area contributed by atoms with E-state index in [1.165, 1.54) is 14.0 Å². The summed E-state index contributed by atoms with van der Waals surface area (Å²) in [5.41, 5.74) is 1.60. The maximum Gasteiger partial charge on any atom is 0.291 e. The number of ether oxygens (including phenoxy) is 1. The Labute approximate surface area is 94.6 Å². The number of carbonyl (C=O) groups is 2. The van der Waals surface area contributed by atoms with Crippen molar-refractivity contribution in [3.8, 4) is 5.75 Å². The van der Waals surface area contributed by atoms with Crippen molar-refractivity contribution in [2.75, 3.05) is 12.4 Å². The topological polar surface area (TPSA) is 55.4 Å². The number of hydrogen-bond donors (Lipinski definition) is 1. The number of Topliss-reactive ketones (excluding diaryl/α,β-unsaturated/α-hetero) is 1. The standard InChI is InChI=1S/C12H15NO3/c1-4-9-5-6-11(16-3)10(7-9)13-12(15)8(2)14/h5-7H,4H2,1-3H3,(H,13,15). The van der Waals surface area contributed by atoms with Gasteiger partial charge in [0.25, 0.3) is 5.91 Å². The van der Waals surface area contributed by atoms with Gasteiger partial charge in [0, 0.05) is 6.92 Å². The van der Waals surface area contributed by atoms with E-state index in [1.54, 1.807) is 12.1 Å². The molecule has 0 saturated heterocycles. The van der Waals surface area contributed by atoms with E-state index in [1.807, 2.05) is 13.0 Å². The van der Waals surface area contributed by atoms with Crippen LogP contribution < -0.4 is 10.1 Å². The maximum absolute atomic E-state index is 11.3. The molecule has 0 atom stereocenters. The minimum atomic E-state index is -0.633. The summed E-state index contributed by atoms with van der Waals surface area (Å²) in [6.07, 6.45) is 0.854. The number of anilines is 1. The molecule has 0 aliphatic carbocycles. The summed E-state index contributed by atoms with van der Waals surface area (Å²) in [5, 5.41) is 2.52. The second kappa shape index (κ2) is 5.30. The molecule has 0 bridgehead atoms. The number of methoxy groups -OCH3 is 1. The van der Waals surface area contributed by atoms with E-state index < -0.39 is 11.7 Å². The van der Waals surface area contributed by atoms with Crippen LogP contribution in [0.1, 0.15) is 19.4 Å². The highest BCUT2D eigenvalue weighted by atomic mass is 16.5. The van der Waals surface area contributed by atoms with E-state index >= 15 is 0 Å². The van der Waals surface area contributed by atoms with Crippen molar-refractivity contribution >= 4 is 17.4 Å². The van der Waals surface area contributed by atoms with Gasteiger partial charge in [-0.05, 0) is 24.1 Å². The molecule has 0 aliphatic rings. The summed E-state index contributed by atoms with van der Waals surface area (Å²) in [5.74, 6) is -0.609. The zero-order chi connectivity index (χ0) is 12.1. The summed E-state index contributed by atoms with van der Waals surface area (Å²) in [4.78, 5) is 22.1. The first-order valence-electron chi connectivity index (χ1n) is 5.07. The first-order valence-corrected chi connectivity index (χ1v) is 5.07. The van der Waals surface area contributed by atoms with Gasteiger partial charge >= 0.3 is 0 Å². The Balaban J connectivity index is 3.00. The Morgan fingerprint density at radius 2 is 2.06 bits per heavy atom. The van der Waals surface area contributed by atoms with Gasteiger partial charge in [-0.2, -0.15) is 0 Å². The molecule has 0 spiro atoms. The zero-order valence-electron chi connectivity index (χ0n) is 9.66. The van der Waals surface area contributed by atoms with Crippen LogP contribution in [0, 0.1) is 0 Å². The second-order valence-corrected chi connectivity index (χ2v) is 3.40. The number of amides is 1. The van der Waals surface area contributed by atoms with Crippen molar-refractivity contribution in [1.29, 1.82) is 0 Å². The highest BCUT2D eigenvalue weighted by molar-refractivity contribution is 6.39. The third-order valence-electron chi connectivity index (χ3n) is 2.24. The van der Waals surface area contributed by atoms with Gasteiger partial charge in [0.15, 0.2) is 0 Å². The van der Waals surface area contributed by atoms with Crippen molar-refractivity contribution < 1.29 is 14.3 Å². The first kappa shape index (κ1) is 12.2. The fraction of sp³-hybridized carbons (Fsp3) is 0.333. The molecule has 4 heteroatoms. The van der Waals surface area contributed by atoms with Crippen molar-refractivity contribution in [2.45, 2.75) is 20.3 Å². The summed E-state index contributed by atoms with van der Waals surface area (Å²) in [6, 6.07) is 5.50. The molecule has 1 amide bonds. The monoisotopic (exact) mass is 221 g/mol. The van der Waals surface area contributed by atoms with Gasteiger partial charge in [0.2, 0.25) is 5.78 Å². The first-order chi connectivity index (χ1) is 7.58. The number of ketones is 1. The molecule has 1 aromatic carbocycles. The van der Waals surface area contributed by atoms with Crippen LogP contribution in [0.3, 0.4) is 0 Å². The zero-order valence-corrected chi connectivity index (χ0v) is 9.66. The lowest BCUT2D eigenvalue weighted by molar-refractivity contribution is -0.133. The molecular weight excluding hydrogens is 206 g/mol. The van der Waals surface area contributed by atoms with Crippen LogP contribution in [-0.2, 0) is 16.0 Å². The van der Waals surface area contributed by atoms with Gasteiger partial charge in [-0.15, -0.1) is 0 Å². The average molecular weight is 221 g/mol. The van der Waals surface area contributed by atoms with Crippen LogP contribution in [0.15, 0.2) is 18.2 Å². The molecule has 86 valence electrons. The van der Waals surface area contributed by atoms with Gasteiger partial charge in [-0.3, -0.25) is 9.59 Å². The number of hydrogen-bond acceptors (Lipinski definition) is 3. The van der Waals surface area contributed by atoms with Crippen LogP contribution >= 0.6 is 0 Å². The van der Waals surface area contributed by atoms with E-state index in [4.69, 9.17) is 4.74 Å². The quantitative estimate of drug-likeness (QED) is 0.788. The van der Waals surface area contributed by atoms with Crippen molar-refractivity contribution in [2.24, 2.45) is 0 Å². The molecule has 0 aliphatic heterocycles. The molecule has 1 aromatic rings. The average Bonchev–Trinajstić information content (AvgIpc) is 2.28. The molecule has 0 unspecified atom stereocenters. The number of nitrogens with one attached hydrogen (secondary N) is 1. The molecule has 16 heavy (non-hydrogen) atoms. The summed E-state index contributed by atoms with van der Waals surface area (Å²) in [7, 11) is 1.52. The maximum atomic E-state index is 11.3. The lowest BCUT2D eigenvalue weighted by atomic mass is 10.1. The highest BCUT2D eigenvalue weighted by Gasteiger charge is 2.11. The van der Waals surface area contributed by atoms with Gasteiger partial charge in [0.1, 0.15) is 5.75 Å². The van der Waals surface area contributed by atoms with E-state index in [0.29, 0.717) is 11.4 Å².